The van der Waals surface area contributed by atoms with Gasteiger partial charge in [-0.15, -0.1) is 0 Å². The molecule has 0 fully saturated rings. The summed E-state index contributed by atoms with van der Waals surface area (Å²) in [5.41, 5.74) is 5.87. The molecule has 2 atom stereocenters. The molecule has 0 aliphatic rings. The standard InChI is InChI=1S/C14H27N3O/c1-7-10(3)9-14(15,8-2)11-16-12(18-17-11)13(4,5)6/h10H,7-9,15H2,1-6H3. The summed E-state index contributed by atoms with van der Waals surface area (Å²) in [6, 6.07) is 0. The third kappa shape index (κ3) is 3.31. The molecule has 1 heterocycles. The lowest BCUT2D eigenvalue weighted by atomic mass is 9.85. The summed E-state index contributed by atoms with van der Waals surface area (Å²) in [5.74, 6) is 1.87. The molecular weight excluding hydrogens is 226 g/mol. The van der Waals surface area contributed by atoms with Crippen LogP contribution in [0.25, 0.3) is 0 Å². The first kappa shape index (κ1) is 15.2. The third-order valence-electron chi connectivity index (χ3n) is 3.55. The van der Waals surface area contributed by atoms with Crippen LogP contribution in [-0.4, -0.2) is 10.1 Å². The van der Waals surface area contributed by atoms with Crippen molar-refractivity contribution in [3.63, 3.8) is 0 Å². The van der Waals surface area contributed by atoms with Gasteiger partial charge in [-0.05, 0) is 18.8 Å². The van der Waals surface area contributed by atoms with Crippen LogP contribution in [0.2, 0.25) is 0 Å². The number of hydrogen-bond acceptors (Lipinski definition) is 4. The number of aromatic nitrogens is 2. The fourth-order valence-electron chi connectivity index (χ4n) is 1.89. The number of hydrogen-bond donors (Lipinski definition) is 1. The molecule has 1 rings (SSSR count). The minimum Gasteiger partial charge on any atom is -0.339 e. The first-order valence-electron chi connectivity index (χ1n) is 6.86. The fraction of sp³-hybridized carbons (Fsp3) is 0.857. The van der Waals surface area contributed by atoms with Crippen molar-refractivity contribution >= 4 is 0 Å². The average molecular weight is 253 g/mol. The molecule has 0 saturated carbocycles. The smallest absolute Gasteiger partial charge is 0.232 e. The van der Waals surface area contributed by atoms with Crippen LogP contribution in [0.5, 0.6) is 0 Å². The van der Waals surface area contributed by atoms with Crippen LogP contribution in [0, 0.1) is 5.92 Å². The second-order valence-electron chi connectivity index (χ2n) is 6.40. The topological polar surface area (TPSA) is 64.9 Å². The zero-order valence-electron chi connectivity index (χ0n) is 12.6. The van der Waals surface area contributed by atoms with E-state index in [4.69, 9.17) is 10.3 Å². The second kappa shape index (κ2) is 5.39. The van der Waals surface area contributed by atoms with Crippen molar-refractivity contribution in [2.24, 2.45) is 11.7 Å². The minimum atomic E-state index is -0.470. The van der Waals surface area contributed by atoms with Crippen molar-refractivity contribution in [2.45, 2.75) is 71.8 Å². The van der Waals surface area contributed by atoms with E-state index in [-0.39, 0.29) is 5.41 Å². The summed E-state index contributed by atoms with van der Waals surface area (Å²) in [6.45, 7) is 12.6. The normalized spacial score (nSPS) is 17.5. The van der Waals surface area contributed by atoms with Gasteiger partial charge < -0.3 is 10.3 Å². The van der Waals surface area contributed by atoms with Crippen molar-refractivity contribution in [1.82, 2.24) is 10.1 Å². The van der Waals surface area contributed by atoms with Crippen LogP contribution in [0.15, 0.2) is 4.52 Å². The number of rotatable bonds is 5. The first-order chi connectivity index (χ1) is 8.23. The van der Waals surface area contributed by atoms with E-state index in [0.717, 1.165) is 19.3 Å². The van der Waals surface area contributed by atoms with Gasteiger partial charge in [0, 0.05) is 5.41 Å². The molecule has 4 nitrogen and oxygen atoms in total. The summed E-state index contributed by atoms with van der Waals surface area (Å²) in [5, 5.41) is 4.10. The van der Waals surface area contributed by atoms with Gasteiger partial charge in [-0.25, -0.2) is 0 Å². The minimum absolute atomic E-state index is 0.129. The Morgan fingerprint density at radius 1 is 1.28 bits per heavy atom. The molecule has 0 aromatic carbocycles. The summed E-state index contributed by atoms with van der Waals surface area (Å²) >= 11 is 0. The van der Waals surface area contributed by atoms with Crippen molar-refractivity contribution < 1.29 is 4.52 Å². The quantitative estimate of drug-likeness (QED) is 0.873. The molecule has 0 saturated heterocycles. The van der Waals surface area contributed by atoms with Gasteiger partial charge in [0.05, 0.1) is 5.54 Å². The molecule has 2 unspecified atom stereocenters. The van der Waals surface area contributed by atoms with Gasteiger partial charge >= 0.3 is 0 Å². The van der Waals surface area contributed by atoms with E-state index >= 15 is 0 Å². The Morgan fingerprint density at radius 3 is 2.28 bits per heavy atom. The SMILES string of the molecule is CCC(C)CC(N)(CC)c1noc(C(C)(C)C)n1. The van der Waals surface area contributed by atoms with Crippen LogP contribution in [0.4, 0.5) is 0 Å². The molecule has 1 aromatic heterocycles. The molecule has 4 heteroatoms. The Kier molecular flexibility index (Phi) is 4.54. The van der Waals surface area contributed by atoms with E-state index in [1.807, 2.05) is 0 Å². The largest absolute Gasteiger partial charge is 0.339 e. The molecule has 2 N–H and O–H groups in total. The zero-order chi connectivity index (χ0) is 14.0. The van der Waals surface area contributed by atoms with E-state index in [1.165, 1.54) is 0 Å². The molecule has 0 radical (unpaired) electrons. The molecule has 104 valence electrons. The molecule has 1 aromatic rings. The van der Waals surface area contributed by atoms with Crippen molar-refractivity contribution in [3.8, 4) is 0 Å². The average Bonchev–Trinajstić information content (AvgIpc) is 2.78. The highest BCUT2D eigenvalue weighted by molar-refractivity contribution is 5.07. The Hall–Kier alpha value is -0.900. The van der Waals surface area contributed by atoms with Gasteiger partial charge in [0.1, 0.15) is 0 Å². The summed E-state index contributed by atoms with van der Waals surface area (Å²) in [4.78, 5) is 4.51. The first-order valence-corrected chi connectivity index (χ1v) is 6.86. The molecule has 0 bridgehead atoms. The van der Waals surface area contributed by atoms with E-state index in [1.54, 1.807) is 0 Å². The molecule has 0 aliphatic carbocycles. The maximum Gasteiger partial charge on any atom is 0.232 e. The lowest BCUT2D eigenvalue weighted by Crippen LogP contribution is -2.39. The van der Waals surface area contributed by atoms with Crippen molar-refractivity contribution in [2.75, 3.05) is 0 Å². The molecule has 0 aliphatic heterocycles. The van der Waals surface area contributed by atoms with Gasteiger partial charge in [0.15, 0.2) is 5.82 Å². The number of nitrogens with zero attached hydrogens (tertiary/aromatic N) is 2. The van der Waals surface area contributed by atoms with Crippen LogP contribution in [0.3, 0.4) is 0 Å². The zero-order valence-corrected chi connectivity index (χ0v) is 12.6. The van der Waals surface area contributed by atoms with E-state index < -0.39 is 5.54 Å². The third-order valence-corrected chi connectivity index (χ3v) is 3.55. The van der Waals surface area contributed by atoms with Gasteiger partial charge in [0.2, 0.25) is 5.89 Å². The van der Waals surface area contributed by atoms with Crippen LogP contribution < -0.4 is 5.73 Å². The lowest BCUT2D eigenvalue weighted by Gasteiger charge is -2.27. The fourth-order valence-corrected chi connectivity index (χ4v) is 1.89. The van der Waals surface area contributed by atoms with Crippen LogP contribution >= 0.6 is 0 Å². The second-order valence-corrected chi connectivity index (χ2v) is 6.40. The van der Waals surface area contributed by atoms with Gasteiger partial charge in [-0.3, -0.25) is 0 Å². The lowest BCUT2D eigenvalue weighted by molar-refractivity contribution is 0.281. The summed E-state index contributed by atoms with van der Waals surface area (Å²) < 4.78 is 5.35. The molecule has 18 heavy (non-hydrogen) atoms. The van der Waals surface area contributed by atoms with Gasteiger partial charge in [-0.1, -0.05) is 53.1 Å². The summed E-state index contributed by atoms with van der Waals surface area (Å²) in [7, 11) is 0. The molecular formula is C14H27N3O. The van der Waals surface area contributed by atoms with Crippen LogP contribution in [-0.2, 0) is 11.0 Å². The van der Waals surface area contributed by atoms with Gasteiger partial charge in [0.25, 0.3) is 0 Å². The molecule has 0 spiro atoms. The predicted octanol–water partition coefficient (Wildman–Crippen LogP) is 3.37. The highest BCUT2D eigenvalue weighted by atomic mass is 16.5. The predicted molar refractivity (Wildman–Crippen MR) is 73.2 cm³/mol. The van der Waals surface area contributed by atoms with E-state index in [9.17, 15) is 0 Å². The Morgan fingerprint density at radius 2 is 1.89 bits per heavy atom. The van der Waals surface area contributed by atoms with Crippen molar-refractivity contribution in [1.29, 1.82) is 0 Å². The van der Waals surface area contributed by atoms with E-state index in [0.29, 0.717) is 17.6 Å². The maximum absolute atomic E-state index is 6.47. The van der Waals surface area contributed by atoms with Crippen molar-refractivity contribution in [3.05, 3.63) is 11.7 Å². The molecule has 0 amide bonds. The Balaban J connectivity index is 2.98. The van der Waals surface area contributed by atoms with Crippen LogP contribution in [0.1, 0.15) is 72.5 Å². The number of nitrogens with two attached hydrogens (primary N) is 1. The maximum atomic E-state index is 6.47. The highest BCUT2D eigenvalue weighted by Crippen LogP contribution is 2.30. The Labute approximate surface area is 110 Å². The monoisotopic (exact) mass is 253 g/mol. The van der Waals surface area contributed by atoms with E-state index in [2.05, 4.69) is 51.7 Å². The highest BCUT2D eigenvalue weighted by Gasteiger charge is 2.34. The summed E-state index contributed by atoms with van der Waals surface area (Å²) in [6.07, 6.45) is 2.83. The van der Waals surface area contributed by atoms with Gasteiger partial charge in [-0.2, -0.15) is 4.98 Å². The Bertz CT molecular complexity index is 381.